The third-order valence-electron chi connectivity index (χ3n) is 3.72. The van der Waals surface area contributed by atoms with Crippen molar-refractivity contribution in [1.82, 2.24) is 4.31 Å². The summed E-state index contributed by atoms with van der Waals surface area (Å²) in [6.07, 6.45) is 0. The molecule has 1 N–H and O–H groups in total. The van der Waals surface area contributed by atoms with Gasteiger partial charge >= 0.3 is 5.97 Å². The normalized spacial score (nSPS) is 11.1. The number of hydrogen-bond acceptors (Lipinski definition) is 6. The topological polar surface area (TPSA) is 102 Å². The van der Waals surface area contributed by atoms with E-state index in [9.17, 15) is 18.0 Å². The first-order valence-electron chi connectivity index (χ1n) is 7.86. The van der Waals surface area contributed by atoms with Gasteiger partial charge in [-0.15, -0.1) is 0 Å². The fourth-order valence-electron chi connectivity index (χ4n) is 2.22. The van der Waals surface area contributed by atoms with Crippen LogP contribution in [-0.2, 0) is 19.6 Å². The van der Waals surface area contributed by atoms with Gasteiger partial charge in [-0.3, -0.25) is 4.79 Å². The lowest BCUT2D eigenvalue weighted by Crippen LogP contribution is -2.34. The zero-order chi connectivity index (χ0) is 20.0. The molecule has 8 nitrogen and oxygen atoms in total. The second-order valence-electron chi connectivity index (χ2n) is 5.55. The van der Waals surface area contributed by atoms with E-state index in [0.717, 1.165) is 4.31 Å². The van der Waals surface area contributed by atoms with Crippen LogP contribution in [0.5, 0.6) is 5.75 Å². The number of carbonyl (C=O) groups is 2. The predicted molar refractivity (Wildman–Crippen MR) is 99.2 cm³/mol. The molecule has 0 aliphatic rings. The SMILES string of the molecule is COC(=O)c1ccc(NC(=O)CN(C)S(=O)(=O)c2ccc(OC)cc2)cc1. The van der Waals surface area contributed by atoms with E-state index < -0.39 is 21.9 Å². The summed E-state index contributed by atoms with van der Waals surface area (Å²) in [5.41, 5.74) is 0.776. The van der Waals surface area contributed by atoms with E-state index in [-0.39, 0.29) is 11.4 Å². The molecule has 9 heteroatoms. The Morgan fingerprint density at radius 2 is 1.59 bits per heavy atom. The molecule has 0 heterocycles. The molecule has 27 heavy (non-hydrogen) atoms. The summed E-state index contributed by atoms with van der Waals surface area (Å²) in [6, 6.07) is 11.9. The van der Waals surface area contributed by atoms with Crippen LogP contribution >= 0.6 is 0 Å². The Balaban J connectivity index is 2.02. The fourth-order valence-corrected chi connectivity index (χ4v) is 3.35. The zero-order valence-electron chi connectivity index (χ0n) is 15.1. The number of anilines is 1. The summed E-state index contributed by atoms with van der Waals surface area (Å²) in [6.45, 7) is -0.368. The van der Waals surface area contributed by atoms with Crippen LogP contribution in [0.1, 0.15) is 10.4 Å². The van der Waals surface area contributed by atoms with Gasteiger partial charge in [-0.05, 0) is 48.5 Å². The Morgan fingerprint density at radius 1 is 1.00 bits per heavy atom. The molecule has 144 valence electrons. The fraction of sp³-hybridized carbons (Fsp3) is 0.222. The minimum atomic E-state index is -3.82. The van der Waals surface area contributed by atoms with Gasteiger partial charge in [0.15, 0.2) is 0 Å². The van der Waals surface area contributed by atoms with E-state index in [0.29, 0.717) is 17.0 Å². The van der Waals surface area contributed by atoms with Crippen molar-refractivity contribution in [2.75, 3.05) is 33.1 Å². The molecule has 2 rings (SSSR count). The van der Waals surface area contributed by atoms with Crippen LogP contribution < -0.4 is 10.1 Å². The Morgan fingerprint density at radius 3 is 2.11 bits per heavy atom. The lowest BCUT2D eigenvalue weighted by atomic mass is 10.2. The van der Waals surface area contributed by atoms with Crippen LogP contribution in [0, 0.1) is 0 Å². The summed E-state index contributed by atoms with van der Waals surface area (Å²) in [7, 11) is 0.261. The molecule has 0 aliphatic carbocycles. The molecule has 0 bridgehead atoms. The van der Waals surface area contributed by atoms with Gasteiger partial charge in [0.2, 0.25) is 15.9 Å². The van der Waals surface area contributed by atoms with Gasteiger partial charge in [0, 0.05) is 12.7 Å². The average Bonchev–Trinajstić information content (AvgIpc) is 2.67. The minimum Gasteiger partial charge on any atom is -0.497 e. The summed E-state index contributed by atoms with van der Waals surface area (Å²) in [5.74, 6) is -0.469. The number of hydrogen-bond donors (Lipinski definition) is 1. The lowest BCUT2D eigenvalue weighted by Gasteiger charge is -2.17. The number of esters is 1. The van der Waals surface area contributed by atoms with Crippen LogP contribution in [0.3, 0.4) is 0 Å². The van der Waals surface area contributed by atoms with Crippen molar-refractivity contribution in [1.29, 1.82) is 0 Å². The Labute approximate surface area is 157 Å². The van der Waals surface area contributed by atoms with E-state index in [2.05, 4.69) is 10.1 Å². The van der Waals surface area contributed by atoms with Crippen LogP contribution in [-0.4, -0.2) is 52.4 Å². The number of nitrogens with zero attached hydrogens (tertiary/aromatic N) is 1. The smallest absolute Gasteiger partial charge is 0.337 e. The van der Waals surface area contributed by atoms with Gasteiger partial charge < -0.3 is 14.8 Å². The summed E-state index contributed by atoms with van der Waals surface area (Å²) < 4.78 is 35.6. The highest BCUT2D eigenvalue weighted by molar-refractivity contribution is 7.89. The van der Waals surface area contributed by atoms with Gasteiger partial charge in [0.1, 0.15) is 5.75 Å². The van der Waals surface area contributed by atoms with E-state index in [1.54, 1.807) is 0 Å². The first kappa shape index (κ1) is 20.4. The molecule has 0 unspecified atom stereocenters. The van der Waals surface area contributed by atoms with E-state index in [1.165, 1.54) is 69.8 Å². The Bertz CT molecular complexity index is 908. The number of likely N-dealkylation sites (N-methyl/N-ethyl adjacent to an activating group) is 1. The van der Waals surface area contributed by atoms with Crippen molar-refractivity contribution < 1.29 is 27.5 Å². The molecule has 0 radical (unpaired) electrons. The molecular formula is C18H20N2O6S. The van der Waals surface area contributed by atoms with Crippen molar-refractivity contribution >= 4 is 27.6 Å². The number of methoxy groups -OCH3 is 2. The number of amides is 1. The molecule has 0 atom stereocenters. The van der Waals surface area contributed by atoms with E-state index in [1.807, 2.05) is 0 Å². The zero-order valence-corrected chi connectivity index (χ0v) is 15.9. The third-order valence-corrected chi connectivity index (χ3v) is 5.54. The molecule has 1 amide bonds. The van der Waals surface area contributed by atoms with Crippen molar-refractivity contribution in [2.24, 2.45) is 0 Å². The van der Waals surface area contributed by atoms with Gasteiger partial charge in [0.05, 0.1) is 31.2 Å². The number of carbonyl (C=O) groups excluding carboxylic acids is 2. The van der Waals surface area contributed by atoms with Gasteiger partial charge in [0.25, 0.3) is 0 Å². The number of rotatable bonds is 7. The number of nitrogens with one attached hydrogen (secondary N) is 1. The minimum absolute atomic E-state index is 0.0565. The first-order chi connectivity index (χ1) is 12.8. The van der Waals surface area contributed by atoms with Gasteiger partial charge in [-0.1, -0.05) is 0 Å². The molecule has 0 aliphatic heterocycles. The van der Waals surface area contributed by atoms with Crippen LogP contribution in [0.2, 0.25) is 0 Å². The maximum absolute atomic E-state index is 12.5. The molecule has 2 aromatic carbocycles. The van der Waals surface area contributed by atoms with Crippen molar-refractivity contribution in [3.05, 3.63) is 54.1 Å². The number of benzene rings is 2. The maximum Gasteiger partial charge on any atom is 0.337 e. The van der Waals surface area contributed by atoms with Gasteiger partial charge in [-0.25, -0.2) is 13.2 Å². The van der Waals surface area contributed by atoms with Crippen LogP contribution in [0.4, 0.5) is 5.69 Å². The molecule has 0 fully saturated rings. The number of sulfonamides is 1. The third kappa shape index (κ3) is 5.05. The van der Waals surface area contributed by atoms with Crippen LogP contribution in [0.15, 0.2) is 53.4 Å². The highest BCUT2D eigenvalue weighted by Gasteiger charge is 2.23. The molecule has 0 spiro atoms. The Hall–Kier alpha value is -2.91. The first-order valence-corrected chi connectivity index (χ1v) is 9.30. The molecule has 0 saturated carbocycles. The van der Waals surface area contributed by atoms with E-state index in [4.69, 9.17) is 4.74 Å². The predicted octanol–water partition coefficient (Wildman–Crippen LogP) is 1.74. The maximum atomic E-state index is 12.5. The highest BCUT2D eigenvalue weighted by Crippen LogP contribution is 2.18. The second-order valence-corrected chi connectivity index (χ2v) is 7.60. The standard InChI is InChI=1S/C18H20N2O6S/c1-20(27(23,24)16-10-8-15(25-2)9-11-16)12-17(21)19-14-6-4-13(5-7-14)18(22)26-3/h4-11H,12H2,1-3H3,(H,19,21). The van der Waals surface area contributed by atoms with Crippen molar-refractivity contribution in [2.45, 2.75) is 4.90 Å². The van der Waals surface area contributed by atoms with Gasteiger partial charge in [-0.2, -0.15) is 4.31 Å². The molecule has 0 saturated heterocycles. The highest BCUT2D eigenvalue weighted by atomic mass is 32.2. The van der Waals surface area contributed by atoms with Crippen LogP contribution in [0.25, 0.3) is 0 Å². The monoisotopic (exact) mass is 392 g/mol. The largest absolute Gasteiger partial charge is 0.497 e. The summed E-state index contributed by atoms with van der Waals surface area (Å²) in [5, 5.41) is 2.58. The van der Waals surface area contributed by atoms with Crippen molar-refractivity contribution in [3.8, 4) is 5.75 Å². The number of ether oxygens (including phenoxy) is 2. The lowest BCUT2D eigenvalue weighted by molar-refractivity contribution is -0.116. The molecular weight excluding hydrogens is 372 g/mol. The summed E-state index contributed by atoms with van der Waals surface area (Å²) in [4.78, 5) is 23.6. The Kier molecular flexibility index (Phi) is 6.54. The second kappa shape index (κ2) is 8.65. The summed E-state index contributed by atoms with van der Waals surface area (Å²) >= 11 is 0. The van der Waals surface area contributed by atoms with E-state index >= 15 is 0 Å². The molecule has 0 aromatic heterocycles. The van der Waals surface area contributed by atoms with Crippen molar-refractivity contribution in [3.63, 3.8) is 0 Å². The quantitative estimate of drug-likeness (QED) is 0.720. The molecule has 2 aromatic rings. The average molecular weight is 392 g/mol.